The number of aromatic nitrogens is 1. The first-order chi connectivity index (χ1) is 16.4. The minimum atomic E-state index is -0.569. The van der Waals surface area contributed by atoms with Crippen molar-refractivity contribution in [2.75, 3.05) is 13.9 Å². The number of hydrogen-bond acceptors (Lipinski definition) is 8. The fraction of sp³-hybridized carbons (Fsp3) is 0.370. The first-order valence-corrected chi connectivity index (χ1v) is 11.2. The van der Waals surface area contributed by atoms with Gasteiger partial charge in [0.15, 0.2) is 12.6 Å². The van der Waals surface area contributed by atoms with Crippen molar-refractivity contribution in [1.29, 1.82) is 0 Å². The van der Waals surface area contributed by atoms with Gasteiger partial charge < -0.3 is 23.8 Å². The molecule has 0 spiro atoms. The molecule has 0 aliphatic heterocycles. The van der Waals surface area contributed by atoms with Crippen LogP contribution in [0.5, 0.6) is 11.5 Å². The fourth-order valence-electron chi connectivity index (χ4n) is 4.29. The lowest BCUT2D eigenvalue weighted by atomic mass is 9.90. The second kappa shape index (κ2) is 9.92. The molecule has 0 atom stereocenters. The zero-order chi connectivity index (χ0) is 26.2. The van der Waals surface area contributed by atoms with Gasteiger partial charge in [0, 0.05) is 13.2 Å². The van der Waals surface area contributed by atoms with E-state index >= 15 is 0 Å². The number of phenolic OH excluding ortho intramolecular Hbond substituents is 1. The third-order valence-electron chi connectivity index (χ3n) is 6.62. The highest BCUT2D eigenvalue weighted by Gasteiger charge is 2.28. The summed E-state index contributed by atoms with van der Waals surface area (Å²) < 4.78 is 21.3. The minimum absolute atomic E-state index is 0.0330. The molecule has 0 radical (unpaired) electrons. The fourth-order valence-corrected chi connectivity index (χ4v) is 4.29. The summed E-state index contributed by atoms with van der Waals surface area (Å²) in [4.78, 5) is 26.1. The maximum absolute atomic E-state index is 13.5. The molecule has 0 amide bonds. The summed E-state index contributed by atoms with van der Waals surface area (Å²) in [7, 11) is 1.44. The number of aromatic hydroxyl groups is 1. The van der Waals surface area contributed by atoms with E-state index in [1.54, 1.807) is 61.5 Å². The Kier molecular flexibility index (Phi) is 7.36. The Morgan fingerprint density at radius 2 is 1.37 bits per heavy atom. The molecule has 0 aliphatic carbocycles. The number of nitrogens with zero attached hydrogens (tertiary/aromatic N) is 1. The van der Waals surface area contributed by atoms with Crippen LogP contribution in [0, 0.1) is 55.4 Å². The summed E-state index contributed by atoms with van der Waals surface area (Å²) in [6.45, 7) is 14.0. The summed E-state index contributed by atoms with van der Waals surface area (Å²) in [6.07, 6.45) is 0. The minimum Gasteiger partial charge on any atom is -0.507 e. The molecular weight excluding hydrogens is 450 g/mol. The van der Waals surface area contributed by atoms with Gasteiger partial charge in [-0.1, -0.05) is 5.16 Å². The molecule has 0 saturated heterocycles. The molecule has 1 heterocycles. The predicted molar refractivity (Wildman–Crippen MR) is 130 cm³/mol. The molecular formula is C27H31NO7. The first kappa shape index (κ1) is 26.0. The monoisotopic (exact) mass is 481 g/mol. The summed E-state index contributed by atoms with van der Waals surface area (Å²) >= 11 is 0. The molecule has 186 valence electrons. The Balaban J connectivity index is 2.11. The molecule has 2 aromatic carbocycles. The van der Waals surface area contributed by atoms with E-state index in [9.17, 15) is 14.7 Å². The van der Waals surface area contributed by atoms with Crippen molar-refractivity contribution in [3.05, 3.63) is 61.8 Å². The normalized spacial score (nSPS) is 11.0. The predicted octanol–water partition coefficient (Wildman–Crippen LogP) is 5.49. The Morgan fingerprint density at radius 1 is 0.829 bits per heavy atom. The average molecular weight is 482 g/mol. The lowest BCUT2D eigenvalue weighted by Crippen LogP contribution is -2.18. The van der Waals surface area contributed by atoms with Gasteiger partial charge in [0.2, 0.25) is 0 Å². The Labute approximate surface area is 204 Å². The van der Waals surface area contributed by atoms with E-state index in [0.717, 1.165) is 0 Å². The Morgan fingerprint density at radius 3 is 1.89 bits per heavy atom. The van der Waals surface area contributed by atoms with E-state index in [2.05, 4.69) is 5.16 Å². The third kappa shape index (κ3) is 4.53. The van der Waals surface area contributed by atoms with Crippen LogP contribution in [-0.2, 0) is 9.47 Å². The van der Waals surface area contributed by atoms with Crippen LogP contribution in [0.2, 0.25) is 0 Å². The van der Waals surface area contributed by atoms with E-state index in [-0.39, 0.29) is 12.5 Å². The summed E-state index contributed by atoms with van der Waals surface area (Å²) in [5.74, 6) is -0.285. The van der Waals surface area contributed by atoms with Crippen LogP contribution in [-0.4, -0.2) is 36.1 Å². The van der Waals surface area contributed by atoms with Crippen molar-refractivity contribution in [1.82, 2.24) is 5.16 Å². The van der Waals surface area contributed by atoms with Crippen molar-refractivity contribution >= 4 is 11.9 Å². The van der Waals surface area contributed by atoms with Gasteiger partial charge in [-0.15, -0.1) is 0 Å². The van der Waals surface area contributed by atoms with Crippen LogP contribution in [0.15, 0.2) is 10.6 Å². The summed E-state index contributed by atoms with van der Waals surface area (Å²) in [6, 6.07) is 1.70. The van der Waals surface area contributed by atoms with Crippen molar-refractivity contribution < 1.29 is 33.4 Å². The first-order valence-electron chi connectivity index (χ1n) is 11.2. The quantitative estimate of drug-likeness (QED) is 0.280. The summed E-state index contributed by atoms with van der Waals surface area (Å²) in [5, 5.41) is 14.7. The number of methoxy groups -OCH3 is 1. The van der Waals surface area contributed by atoms with Crippen LogP contribution < -0.4 is 4.74 Å². The smallest absolute Gasteiger partial charge is 0.344 e. The number of carbonyl (C=O) groups is 2. The van der Waals surface area contributed by atoms with Crippen molar-refractivity contribution in [3.63, 3.8) is 0 Å². The van der Waals surface area contributed by atoms with Crippen LogP contribution in [0.1, 0.15) is 65.4 Å². The zero-order valence-electron chi connectivity index (χ0n) is 21.6. The molecule has 0 fully saturated rings. The number of benzene rings is 2. The standard InChI is InChI=1S/C27H31NO7/c1-12-10-20(35-28-12)23-19(8)22(13(2)16(5)24(23)29)27(31)34-25-17(6)14(3)21(15(4)18(25)7)26(30)33-11-32-9/h10,29H,11H2,1-9H3. The molecule has 0 unspecified atom stereocenters. The molecule has 3 rings (SSSR count). The number of aryl methyl sites for hydroxylation is 1. The molecule has 8 nitrogen and oxygen atoms in total. The molecule has 8 heteroatoms. The van der Waals surface area contributed by atoms with E-state index in [1.807, 2.05) is 0 Å². The SMILES string of the molecule is COCOC(=O)c1c(C)c(C)c(OC(=O)c2c(C)c(C)c(O)c(-c3cc(C)no3)c2C)c(C)c1C. The maximum Gasteiger partial charge on any atom is 0.344 e. The molecule has 0 saturated carbocycles. The number of ether oxygens (including phenoxy) is 3. The zero-order valence-corrected chi connectivity index (χ0v) is 21.6. The number of rotatable bonds is 6. The maximum atomic E-state index is 13.5. The molecule has 1 aromatic heterocycles. The lowest BCUT2D eigenvalue weighted by Gasteiger charge is -2.21. The van der Waals surface area contributed by atoms with Gasteiger partial charge in [0.05, 0.1) is 22.4 Å². The van der Waals surface area contributed by atoms with Gasteiger partial charge in [0.25, 0.3) is 0 Å². The number of esters is 2. The highest BCUT2D eigenvalue weighted by molar-refractivity contribution is 5.99. The van der Waals surface area contributed by atoms with Gasteiger partial charge in [-0.2, -0.15) is 0 Å². The topological polar surface area (TPSA) is 108 Å². The van der Waals surface area contributed by atoms with E-state index < -0.39 is 11.9 Å². The van der Waals surface area contributed by atoms with Crippen LogP contribution in [0.25, 0.3) is 11.3 Å². The van der Waals surface area contributed by atoms with E-state index in [0.29, 0.717) is 72.8 Å². The van der Waals surface area contributed by atoms with Gasteiger partial charge in [0.1, 0.15) is 11.5 Å². The van der Waals surface area contributed by atoms with Crippen molar-refractivity contribution in [2.24, 2.45) is 0 Å². The van der Waals surface area contributed by atoms with Gasteiger partial charge in [-0.3, -0.25) is 0 Å². The molecule has 35 heavy (non-hydrogen) atoms. The number of phenols is 1. The van der Waals surface area contributed by atoms with Crippen molar-refractivity contribution in [3.8, 4) is 22.8 Å². The highest BCUT2D eigenvalue weighted by atomic mass is 16.7. The van der Waals surface area contributed by atoms with E-state index in [1.165, 1.54) is 7.11 Å². The lowest BCUT2D eigenvalue weighted by molar-refractivity contribution is -0.0126. The molecule has 3 aromatic rings. The molecule has 0 aliphatic rings. The van der Waals surface area contributed by atoms with E-state index in [4.69, 9.17) is 18.7 Å². The second-order valence-corrected chi connectivity index (χ2v) is 8.74. The van der Waals surface area contributed by atoms with Crippen LogP contribution in [0.4, 0.5) is 0 Å². The third-order valence-corrected chi connectivity index (χ3v) is 6.62. The number of hydrogen-bond donors (Lipinski definition) is 1. The molecule has 0 bridgehead atoms. The summed E-state index contributed by atoms with van der Waals surface area (Å²) in [5.41, 5.74) is 6.11. The van der Waals surface area contributed by atoms with Gasteiger partial charge in [-0.25, -0.2) is 9.59 Å². The Hall–Kier alpha value is -3.65. The van der Waals surface area contributed by atoms with Crippen LogP contribution in [0.3, 0.4) is 0 Å². The van der Waals surface area contributed by atoms with Gasteiger partial charge >= 0.3 is 11.9 Å². The highest BCUT2D eigenvalue weighted by Crippen LogP contribution is 2.41. The molecule has 1 N–H and O–H groups in total. The van der Waals surface area contributed by atoms with Crippen molar-refractivity contribution in [2.45, 2.75) is 55.4 Å². The second-order valence-electron chi connectivity index (χ2n) is 8.74. The van der Waals surface area contributed by atoms with Gasteiger partial charge in [-0.05, 0) is 94.3 Å². The number of carbonyl (C=O) groups excluding carboxylic acids is 2. The Bertz CT molecular complexity index is 1310. The average Bonchev–Trinajstić information content (AvgIpc) is 3.23. The largest absolute Gasteiger partial charge is 0.507 e. The van der Waals surface area contributed by atoms with Crippen LogP contribution >= 0.6 is 0 Å².